The van der Waals surface area contributed by atoms with Crippen LogP contribution in [-0.2, 0) is 10.0 Å². The summed E-state index contributed by atoms with van der Waals surface area (Å²) in [6.45, 7) is 0.649. The van der Waals surface area contributed by atoms with Crippen LogP contribution in [0.2, 0.25) is 0 Å². The first kappa shape index (κ1) is 21.2. The van der Waals surface area contributed by atoms with Crippen LogP contribution in [0.1, 0.15) is 10.4 Å². The third-order valence-corrected chi connectivity index (χ3v) is 5.98. The largest absolute Gasteiger partial charge is 0.492 e. The van der Waals surface area contributed by atoms with Gasteiger partial charge < -0.3 is 20.0 Å². The Morgan fingerprint density at radius 2 is 1.62 bits per heavy atom. The number of H-pyrrole nitrogens is 2. The van der Waals surface area contributed by atoms with E-state index in [1.165, 1.54) is 42.5 Å². The Labute approximate surface area is 183 Å². The maximum Gasteiger partial charge on any atom is 0.323 e. The van der Waals surface area contributed by atoms with Gasteiger partial charge in [-0.3, -0.25) is 9.52 Å². The molecule has 0 bridgehead atoms. The fourth-order valence-corrected chi connectivity index (χ4v) is 4.12. The van der Waals surface area contributed by atoms with E-state index >= 15 is 0 Å². The number of carbonyl (C=O) groups is 1. The predicted molar refractivity (Wildman–Crippen MR) is 120 cm³/mol. The maximum absolute atomic E-state index is 12.7. The van der Waals surface area contributed by atoms with Crippen molar-refractivity contribution in [3.8, 4) is 5.75 Å². The van der Waals surface area contributed by atoms with Crippen LogP contribution in [0.3, 0.4) is 0 Å². The van der Waals surface area contributed by atoms with Gasteiger partial charge in [0, 0.05) is 11.3 Å². The van der Waals surface area contributed by atoms with E-state index in [-0.39, 0.29) is 10.8 Å². The fourth-order valence-electron chi connectivity index (χ4n) is 3.03. The molecule has 0 aliphatic heterocycles. The second-order valence-corrected chi connectivity index (χ2v) is 8.57. The number of amides is 1. The highest BCUT2D eigenvalue weighted by atomic mass is 32.2. The molecule has 1 amide bonds. The molecule has 0 aliphatic rings. The number of nitrogens with one attached hydrogen (secondary N) is 4. The fraction of sp³-hybridized carbons (Fsp3) is 0.0909. The van der Waals surface area contributed by atoms with Gasteiger partial charge >= 0.3 is 5.69 Å². The summed E-state index contributed by atoms with van der Waals surface area (Å²) in [6.07, 6.45) is 0. The van der Waals surface area contributed by atoms with Crippen LogP contribution < -0.4 is 20.5 Å². The molecule has 0 radical (unpaired) electrons. The lowest BCUT2D eigenvalue weighted by Gasteiger charge is -2.10. The van der Waals surface area contributed by atoms with Crippen LogP contribution in [0.5, 0.6) is 5.75 Å². The van der Waals surface area contributed by atoms with Crippen molar-refractivity contribution < 1.29 is 17.9 Å². The third kappa shape index (κ3) is 4.98. The lowest BCUT2D eigenvalue weighted by atomic mass is 10.2. The molecule has 0 spiro atoms. The van der Waals surface area contributed by atoms with Gasteiger partial charge in [0.25, 0.3) is 15.9 Å². The van der Waals surface area contributed by atoms with Crippen LogP contribution in [0.15, 0.2) is 82.5 Å². The molecule has 32 heavy (non-hydrogen) atoms. The Morgan fingerprint density at radius 3 is 2.38 bits per heavy atom. The molecule has 4 N–H and O–H groups in total. The number of para-hydroxylation sites is 1. The number of carbonyl (C=O) groups excluding carboxylic acids is 1. The Bertz CT molecular complexity index is 1390. The van der Waals surface area contributed by atoms with Crippen molar-refractivity contribution in [1.29, 1.82) is 0 Å². The topological polar surface area (TPSA) is 133 Å². The zero-order valence-corrected chi connectivity index (χ0v) is 17.6. The minimum absolute atomic E-state index is 0.000450. The minimum Gasteiger partial charge on any atom is -0.492 e. The Kier molecular flexibility index (Phi) is 5.95. The lowest BCUT2D eigenvalue weighted by Crippen LogP contribution is -2.28. The summed E-state index contributed by atoms with van der Waals surface area (Å²) in [7, 11) is -3.88. The number of benzene rings is 3. The molecule has 0 saturated carbocycles. The van der Waals surface area contributed by atoms with E-state index < -0.39 is 15.7 Å². The molecule has 0 aliphatic carbocycles. The number of imidazole rings is 1. The molecular formula is C22H20N4O5S. The number of anilines is 1. The monoisotopic (exact) mass is 452 g/mol. The number of hydrogen-bond donors (Lipinski definition) is 4. The molecule has 4 aromatic rings. The molecular weight excluding hydrogens is 432 g/mol. The summed E-state index contributed by atoms with van der Waals surface area (Å²) in [5.41, 5.74) is 1.18. The molecule has 1 aromatic heterocycles. The highest BCUT2D eigenvalue weighted by molar-refractivity contribution is 7.92. The van der Waals surface area contributed by atoms with Gasteiger partial charge in [0.1, 0.15) is 12.4 Å². The number of aromatic nitrogens is 2. The Balaban J connectivity index is 1.35. The Morgan fingerprint density at radius 1 is 0.906 bits per heavy atom. The molecule has 4 rings (SSSR count). The summed E-state index contributed by atoms with van der Waals surface area (Å²) >= 11 is 0. The minimum atomic E-state index is -3.88. The number of fused-ring (bicyclic) bond motifs is 1. The van der Waals surface area contributed by atoms with Crippen LogP contribution in [0, 0.1) is 0 Å². The predicted octanol–water partition coefficient (Wildman–Crippen LogP) is 2.47. The van der Waals surface area contributed by atoms with Gasteiger partial charge in [0.05, 0.1) is 22.5 Å². The zero-order valence-electron chi connectivity index (χ0n) is 16.8. The van der Waals surface area contributed by atoms with E-state index in [0.29, 0.717) is 35.4 Å². The summed E-state index contributed by atoms with van der Waals surface area (Å²) in [5.74, 6) is 0.429. The zero-order chi connectivity index (χ0) is 22.6. The van der Waals surface area contributed by atoms with E-state index in [9.17, 15) is 18.0 Å². The molecule has 0 unspecified atom stereocenters. The second kappa shape index (κ2) is 8.98. The standard InChI is InChI=1S/C22H20N4O5S/c27-21(23-12-13-31-17-4-2-1-3-5-17)15-6-8-16(9-7-15)26-32(29,30)18-10-11-19-20(14-18)25-22(28)24-19/h1-11,14,26H,12-13H2,(H,23,27)(H2,24,25,28). The van der Waals surface area contributed by atoms with Crippen LogP contribution >= 0.6 is 0 Å². The first-order valence-corrected chi connectivity index (χ1v) is 11.2. The molecule has 0 fully saturated rings. The van der Waals surface area contributed by atoms with Crippen molar-refractivity contribution in [1.82, 2.24) is 15.3 Å². The van der Waals surface area contributed by atoms with E-state index in [2.05, 4.69) is 20.0 Å². The van der Waals surface area contributed by atoms with Crippen molar-refractivity contribution in [2.24, 2.45) is 0 Å². The van der Waals surface area contributed by atoms with Gasteiger partial charge in [-0.05, 0) is 54.6 Å². The van der Waals surface area contributed by atoms with Gasteiger partial charge in [-0.25, -0.2) is 13.2 Å². The molecule has 164 valence electrons. The van der Waals surface area contributed by atoms with Crippen molar-refractivity contribution in [3.63, 3.8) is 0 Å². The Hall–Kier alpha value is -4.05. The van der Waals surface area contributed by atoms with Gasteiger partial charge in [-0.2, -0.15) is 0 Å². The van der Waals surface area contributed by atoms with Gasteiger partial charge in [0.15, 0.2) is 0 Å². The van der Waals surface area contributed by atoms with Crippen molar-refractivity contribution in [3.05, 3.63) is 88.8 Å². The van der Waals surface area contributed by atoms with E-state index in [1.54, 1.807) is 0 Å². The highest BCUT2D eigenvalue weighted by Crippen LogP contribution is 2.19. The highest BCUT2D eigenvalue weighted by Gasteiger charge is 2.16. The van der Waals surface area contributed by atoms with Crippen molar-refractivity contribution >= 4 is 32.7 Å². The summed E-state index contributed by atoms with van der Waals surface area (Å²) in [4.78, 5) is 28.7. The molecule has 9 nitrogen and oxygen atoms in total. The maximum atomic E-state index is 12.7. The second-order valence-electron chi connectivity index (χ2n) is 6.89. The number of rotatable bonds is 8. The number of hydrogen-bond acceptors (Lipinski definition) is 5. The summed E-state index contributed by atoms with van der Waals surface area (Å²) in [5, 5.41) is 2.75. The van der Waals surface area contributed by atoms with Crippen LogP contribution in [0.4, 0.5) is 5.69 Å². The van der Waals surface area contributed by atoms with Gasteiger partial charge in [-0.1, -0.05) is 18.2 Å². The summed E-state index contributed by atoms with van der Waals surface area (Å²) < 4.78 is 33.3. The molecule has 10 heteroatoms. The smallest absolute Gasteiger partial charge is 0.323 e. The first-order valence-electron chi connectivity index (χ1n) is 9.72. The van der Waals surface area contributed by atoms with Crippen LogP contribution in [-0.4, -0.2) is 37.4 Å². The molecule has 0 atom stereocenters. The third-order valence-electron chi connectivity index (χ3n) is 4.60. The summed E-state index contributed by atoms with van der Waals surface area (Å²) in [6, 6.07) is 19.6. The van der Waals surface area contributed by atoms with Gasteiger partial charge in [-0.15, -0.1) is 0 Å². The van der Waals surface area contributed by atoms with E-state index in [4.69, 9.17) is 4.74 Å². The molecule has 0 saturated heterocycles. The first-order chi connectivity index (χ1) is 15.4. The SMILES string of the molecule is O=C(NCCOc1ccccc1)c1ccc(NS(=O)(=O)c2ccc3[nH]c(=O)[nH]c3c2)cc1. The van der Waals surface area contributed by atoms with E-state index in [1.807, 2.05) is 30.3 Å². The quantitative estimate of drug-likeness (QED) is 0.305. The number of aromatic amines is 2. The average molecular weight is 452 g/mol. The molecule has 3 aromatic carbocycles. The molecule has 1 heterocycles. The average Bonchev–Trinajstić information content (AvgIpc) is 3.17. The van der Waals surface area contributed by atoms with Crippen molar-refractivity contribution in [2.75, 3.05) is 17.9 Å². The number of ether oxygens (including phenoxy) is 1. The van der Waals surface area contributed by atoms with Gasteiger partial charge in [0.2, 0.25) is 0 Å². The lowest BCUT2D eigenvalue weighted by molar-refractivity contribution is 0.0947. The normalized spacial score (nSPS) is 11.2. The number of sulfonamides is 1. The van der Waals surface area contributed by atoms with Crippen molar-refractivity contribution in [2.45, 2.75) is 4.90 Å². The van der Waals surface area contributed by atoms with E-state index in [0.717, 1.165) is 5.75 Å². The van der Waals surface area contributed by atoms with Crippen LogP contribution in [0.25, 0.3) is 11.0 Å².